The molecule has 0 aliphatic carbocycles. The average Bonchev–Trinajstić information content (AvgIpc) is 2.74. The molecular weight excluding hydrogens is 372 g/mol. The molecule has 0 saturated carbocycles. The summed E-state index contributed by atoms with van der Waals surface area (Å²) in [5.74, 6) is -0.457. The number of nitrogens with zero attached hydrogens (tertiary/aromatic N) is 1. The van der Waals surface area contributed by atoms with Gasteiger partial charge in [-0.15, -0.1) is 0 Å². The van der Waals surface area contributed by atoms with Gasteiger partial charge in [0, 0.05) is 18.8 Å². The fraction of sp³-hybridized carbons (Fsp3) is 0.409. The first-order valence-electron chi connectivity index (χ1n) is 9.95. The second-order valence-electron chi connectivity index (χ2n) is 7.30. The Balaban J connectivity index is 1.63. The zero-order valence-electron chi connectivity index (χ0n) is 16.3. The molecule has 150 valence electrons. The third-order valence-corrected chi connectivity index (χ3v) is 7.06. The summed E-state index contributed by atoms with van der Waals surface area (Å²) in [5.41, 5.74) is 2.02. The van der Waals surface area contributed by atoms with E-state index in [0.717, 1.165) is 24.9 Å². The largest absolute Gasteiger partial charge is 0.326 e. The number of piperidine rings is 1. The van der Waals surface area contributed by atoms with Gasteiger partial charge in [0.1, 0.15) is 0 Å². The number of sulfonamides is 1. The number of amides is 1. The molecule has 5 nitrogen and oxygen atoms in total. The monoisotopic (exact) mass is 400 g/mol. The highest BCUT2D eigenvalue weighted by molar-refractivity contribution is 7.89. The van der Waals surface area contributed by atoms with Crippen molar-refractivity contribution in [1.82, 2.24) is 4.31 Å². The lowest BCUT2D eigenvalue weighted by atomic mass is 9.98. The summed E-state index contributed by atoms with van der Waals surface area (Å²) in [6.07, 6.45) is 4.73. The van der Waals surface area contributed by atoms with Crippen LogP contribution in [0.4, 0.5) is 5.69 Å². The molecule has 0 spiro atoms. The fourth-order valence-electron chi connectivity index (χ4n) is 3.50. The normalized spacial score (nSPS) is 18.0. The van der Waals surface area contributed by atoms with Gasteiger partial charge in [-0.3, -0.25) is 4.79 Å². The first kappa shape index (κ1) is 20.6. The summed E-state index contributed by atoms with van der Waals surface area (Å²) in [6.45, 7) is 2.84. The van der Waals surface area contributed by atoms with Crippen molar-refractivity contribution in [3.05, 3.63) is 60.2 Å². The van der Waals surface area contributed by atoms with E-state index in [2.05, 4.69) is 12.2 Å². The zero-order chi connectivity index (χ0) is 20.0. The Morgan fingerprint density at radius 3 is 2.50 bits per heavy atom. The minimum absolute atomic E-state index is 0.116. The molecule has 3 rings (SSSR count). The highest BCUT2D eigenvalue weighted by atomic mass is 32.2. The van der Waals surface area contributed by atoms with Crippen molar-refractivity contribution >= 4 is 21.6 Å². The molecule has 1 aliphatic rings. The number of aryl methyl sites for hydroxylation is 1. The van der Waals surface area contributed by atoms with E-state index in [1.165, 1.54) is 9.87 Å². The zero-order valence-corrected chi connectivity index (χ0v) is 17.1. The van der Waals surface area contributed by atoms with Gasteiger partial charge in [0.05, 0.1) is 10.8 Å². The van der Waals surface area contributed by atoms with Crippen molar-refractivity contribution in [2.24, 2.45) is 5.92 Å². The molecule has 1 heterocycles. The summed E-state index contributed by atoms with van der Waals surface area (Å²) in [7, 11) is -3.56. The van der Waals surface area contributed by atoms with Crippen LogP contribution in [0.15, 0.2) is 59.5 Å². The Hall–Kier alpha value is -2.18. The lowest BCUT2D eigenvalue weighted by molar-refractivity contribution is -0.120. The lowest BCUT2D eigenvalue weighted by Crippen LogP contribution is -2.43. The van der Waals surface area contributed by atoms with Gasteiger partial charge in [0.15, 0.2) is 0 Å². The van der Waals surface area contributed by atoms with Gasteiger partial charge in [-0.2, -0.15) is 4.31 Å². The van der Waals surface area contributed by atoms with Crippen LogP contribution >= 0.6 is 0 Å². The molecule has 1 amide bonds. The highest BCUT2D eigenvalue weighted by Gasteiger charge is 2.33. The first-order valence-corrected chi connectivity index (χ1v) is 11.4. The van der Waals surface area contributed by atoms with E-state index in [4.69, 9.17) is 0 Å². The van der Waals surface area contributed by atoms with Crippen LogP contribution in [0.5, 0.6) is 0 Å². The number of hydrogen-bond donors (Lipinski definition) is 1. The van der Waals surface area contributed by atoms with Crippen molar-refractivity contribution in [2.75, 3.05) is 18.4 Å². The Morgan fingerprint density at radius 2 is 1.82 bits per heavy atom. The summed E-state index contributed by atoms with van der Waals surface area (Å²) in [5, 5.41) is 2.95. The van der Waals surface area contributed by atoms with E-state index < -0.39 is 10.0 Å². The van der Waals surface area contributed by atoms with Crippen LogP contribution in [0.25, 0.3) is 0 Å². The van der Waals surface area contributed by atoms with E-state index in [0.29, 0.717) is 19.4 Å². The van der Waals surface area contributed by atoms with Crippen LogP contribution in [0, 0.1) is 5.92 Å². The van der Waals surface area contributed by atoms with Gasteiger partial charge in [0.2, 0.25) is 15.9 Å². The van der Waals surface area contributed by atoms with Gasteiger partial charge in [0.25, 0.3) is 0 Å². The second kappa shape index (κ2) is 9.34. The SMILES string of the molecule is CCCCc1ccc(NC(=O)[C@@H]2CCCN(S(=O)(=O)c3ccccc3)C2)cc1. The maximum atomic E-state index is 12.8. The topological polar surface area (TPSA) is 66.5 Å². The Morgan fingerprint density at radius 1 is 1.11 bits per heavy atom. The van der Waals surface area contributed by atoms with Crippen LogP contribution in [-0.4, -0.2) is 31.7 Å². The summed E-state index contributed by atoms with van der Waals surface area (Å²) in [4.78, 5) is 13.0. The van der Waals surface area contributed by atoms with Crippen molar-refractivity contribution in [1.29, 1.82) is 0 Å². The van der Waals surface area contributed by atoms with Crippen molar-refractivity contribution in [2.45, 2.75) is 43.9 Å². The van der Waals surface area contributed by atoms with Crippen molar-refractivity contribution in [3.63, 3.8) is 0 Å². The molecule has 1 fully saturated rings. The molecule has 1 atom stereocenters. The molecular formula is C22H28N2O3S. The van der Waals surface area contributed by atoms with Gasteiger partial charge in [-0.25, -0.2) is 8.42 Å². The third kappa shape index (κ3) is 5.00. The lowest BCUT2D eigenvalue weighted by Gasteiger charge is -2.31. The number of unbranched alkanes of at least 4 members (excludes halogenated alkanes) is 1. The number of benzene rings is 2. The fourth-order valence-corrected chi connectivity index (χ4v) is 5.04. The van der Waals surface area contributed by atoms with Crippen LogP contribution in [0.3, 0.4) is 0 Å². The molecule has 1 N–H and O–H groups in total. The second-order valence-corrected chi connectivity index (χ2v) is 9.24. The molecule has 2 aromatic carbocycles. The molecule has 0 radical (unpaired) electrons. The third-order valence-electron chi connectivity index (χ3n) is 5.18. The number of hydrogen-bond acceptors (Lipinski definition) is 3. The molecule has 0 unspecified atom stereocenters. The van der Waals surface area contributed by atoms with Gasteiger partial charge < -0.3 is 5.32 Å². The number of nitrogens with one attached hydrogen (secondary N) is 1. The van der Waals surface area contributed by atoms with Crippen LogP contribution in [-0.2, 0) is 21.2 Å². The van der Waals surface area contributed by atoms with Crippen molar-refractivity contribution in [3.8, 4) is 0 Å². The highest BCUT2D eigenvalue weighted by Crippen LogP contribution is 2.25. The first-order chi connectivity index (χ1) is 13.5. The van der Waals surface area contributed by atoms with E-state index in [1.807, 2.05) is 24.3 Å². The quantitative estimate of drug-likeness (QED) is 0.762. The molecule has 28 heavy (non-hydrogen) atoms. The molecule has 2 aromatic rings. The molecule has 0 aromatic heterocycles. The standard InChI is InChI=1S/C22H28N2O3S/c1-2-3-8-18-12-14-20(15-13-18)23-22(25)19-9-7-16-24(17-19)28(26,27)21-10-5-4-6-11-21/h4-6,10-15,19H,2-3,7-9,16-17H2,1H3,(H,23,25)/t19-/m1/s1. The van der Waals surface area contributed by atoms with E-state index in [9.17, 15) is 13.2 Å². The molecule has 6 heteroatoms. The molecule has 1 aliphatic heterocycles. The Kier molecular flexibility index (Phi) is 6.86. The average molecular weight is 401 g/mol. The van der Waals surface area contributed by atoms with Crippen LogP contribution in [0.2, 0.25) is 0 Å². The minimum Gasteiger partial charge on any atom is -0.326 e. The molecule has 1 saturated heterocycles. The summed E-state index contributed by atoms with van der Waals surface area (Å²) >= 11 is 0. The Bertz CT molecular complexity index is 880. The van der Waals surface area contributed by atoms with Crippen LogP contribution in [0.1, 0.15) is 38.2 Å². The summed E-state index contributed by atoms with van der Waals surface area (Å²) in [6, 6.07) is 16.3. The van der Waals surface area contributed by atoms with Crippen molar-refractivity contribution < 1.29 is 13.2 Å². The van der Waals surface area contributed by atoms with E-state index >= 15 is 0 Å². The van der Waals surface area contributed by atoms with E-state index in [-0.39, 0.29) is 23.3 Å². The predicted octanol–water partition coefficient (Wildman–Crippen LogP) is 4.07. The smallest absolute Gasteiger partial charge is 0.243 e. The maximum absolute atomic E-state index is 12.8. The number of carbonyl (C=O) groups excluding carboxylic acids is 1. The van der Waals surface area contributed by atoms with E-state index in [1.54, 1.807) is 30.3 Å². The number of carbonyl (C=O) groups is 1. The minimum atomic E-state index is -3.56. The number of rotatable bonds is 7. The van der Waals surface area contributed by atoms with Gasteiger partial charge >= 0.3 is 0 Å². The predicted molar refractivity (Wildman–Crippen MR) is 112 cm³/mol. The summed E-state index contributed by atoms with van der Waals surface area (Å²) < 4.78 is 27.1. The Labute approximate surface area is 167 Å². The van der Waals surface area contributed by atoms with Gasteiger partial charge in [-0.1, -0.05) is 43.7 Å². The number of anilines is 1. The molecule has 0 bridgehead atoms. The van der Waals surface area contributed by atoms with Gasteiger partial charge in [-0.05, 0) is 55.5 Å². The maximum Gasteiger partial charge on any atom is 0.243 e. The van der Waals surface area contributed by atoms with Crippen LogP contribution < -0.4 is 5.32 Å².